The van der Waals surface area contributed by atoms with E-state index in [1.807, 2.05) is 0 Å². The Balaban J connectivity index is 2.27. The van der Waals surface area contributed by atoms with Crippen LogP contribution in [-0.4, -0.2) is 24.1 Å². The van der Waals surface area contributed by atoms with Crippen molar-refractivity contribution < 1.29 is 19.4 Å². The van der Waals surface area contributed by atoms with E-state index in [0.29, 0.717) is 16.8 Å². The van der Waals surface area contributed by atoms with Crippen molar-refractivity contribution in [1.82, 2.24) is 0 Å². The molecule has 2 N–H and O–H groups in total. The average Bonchev–Trinajstić information content (AvgIpc) is 2.49. The number of para-hydroxylation sites is 1. The van der Waals surface area contributed by atoms with Crippen LogP contribution >= 0.6 is 0 Å². The van der Waals surface area contributed by atoms with Gasteiger partial charge in [-0.25, -0.2) is 4.79 Å². The normalized spacial score (nSPS) is 10.0. The molecule has 0 aliphatic heterocycles. The lowest BCUT2D eigenvalue weighted by molar-refractivity contribution is 0.0602. The molecule has 2 rings (SSSR count). The highest BCUT2D eigenvalue weighted by Gasteiger charge is 2.14. The molecule has 0 bridgehead atoms. The molecular weight excluding hydrogens is 270 g/mol. The van der Waals surface area contributed by atoms with E-state index >= 15 is 0 Å². The Morgan fingerprint density at radius 1 is 1.14 bits per heavy atom. The fourth-order valence-corrected chi connectivity index (χ4v) is 1.83. The zero-order valence-corrected chi connectivity index (χ0v) is 11.7. The van der Waals surface area contributed by atoms with Crippen molar-refractivity contribution in [1.29, 1.82) is 0 Å². The van der Waals surface area contributed by atoms with Gasteiger partial charge >= 0.3 is 5.97 Å². The van der Waals surface area contributed by atoms with Gasteiger partial charge in [-0.05, 0) is 36.8 Å². The zero-order chi connectivity index (χ0) is 15.4. The summed E-state index contributed by atoms with van der Waals surface area (Å²) in [6.45, 7) is 1.74. The highest BCUT2D eigenvalue weighted by atomic mass is 16.5. The zero-order valence-electron chi connectivity index (χ0n) is 11.7. The first-order valence-corrected chi connectivity index (χ1v) is 6.31. The lowest BCUT2D eigenvalue weighted by Gasteiger charge is -2.10. The monoisotopic (exact) mass is 285 g/mol. The van der Waals surface area contributed by atoms with E-state index in [9.17, 15) is 14.7 Å². The molecule has 0 saturated carbocycles. The number of aryl methyl sites for hydroxylation is 1. The van der Waals surface area contributed by atoms with Crippen LogP contribution in [-0.2, 0) is 4.74 Å². The highest BCUT2D eigenvalue weighted by molar-refractivity contribution is 6.08. The van der Waals surface area contributed by atoms with E-state index in [1.165, 1.54) is 13.2 Å². The van der Waals surface area contributed by atoms with Gasteiger partial charge in [0, 0.05) is 5.56 Å². The minimum Gasteiger partial charge on any atom is -0.508 e. The summed E-state index contributed by atoms with van der Waals surface area (Å²) in [5, 5.41) is 12.3. The maximum atomic E-state index is 12.2. The molecule has 2 aromatic rings. The SMILES string of the molecule is COC(=O)c1ccccc1NC(=O)c1ccc(C)c(O)c1. The highest BCUT2D eigenvalue weighted by Crippen LogP contribution is 2.20. The summed E-state index contributed by atoms with van der Waals surface area (Å²) < 4.78 is 4.67. The topological polar surface area (TPSA) is 75.6 Å². The second-order valence-electron chi connectivity index (χ2n) is 4.49. The van der Waals surface area contributed by atoms with E-state index in [-0.39, 0.29) is 11.3 Å². The van der Waals surface area contributed by atoms with Gasteiger partial charge in [-0.3, -0.25) is 4.79 Å². The van der Waals surface area contributed by atoms with Gasteiger partial charge in [0.05, 0.1) is 18.4 Å². The molecule has 2 aromatic carbocycles. The van der Waals surface area contributed by atoms with Crippen molar-refractivity contribution in [2.24, 2.45) is 0 Å². The Kier molecular flexibility index (Phi) is 4.23. The Morgan fingerprint density at radius 2 is 1.86 bits per heavy atom. The van der Waals surface area contributed by atoms with Gasteiger partial charge in [0.25, 0.3) is 5.91 Å². The summed E-state index contributed by atoms with van der Waals surface area (Å²) in [4.78, 5) is 23.8. The molecule has 0 aliphatic rings. The fourth-order valence-electron chi connectivity index (χ4n) is 1.83. The number of methoxy groups -OCH3 is 1. The van der Waals surface area contributed by atoms with Gasteiger partial charge in [-0.15, -0.1) is 0 Å². The van der Waals surface area contributed by atoms with Crippen LogP contribution in [0.3, 0.4) is 0 Å². The third kappa shape index (κ3) is 3.20. The number of rotatable bonds is 3. The maximum Gasteiger partial charge on any atom is 0.339 e. The molecule has 0 saturated heterocycles. The van der Waals surface area contributed by atoms with Gasteiger partial charge in [0.1, 0.15) is 5.75 Å². The van der Waals surface area contributed by atoms with E-state index in [2.05, 4.69) is 10.1 Å². The van der Waals surface area contributed by atoms with Crippen molar-refractivity contribution in [3.05, 3.63) is 59.2 Å². The molecule has 0 aromatic heterocycles. The summed E-state index contributed by atoms with van der Waals surface area (Å²) in [5.74, 6) is -0.900. The lowest BCUT2D eigenvalue weighted by atomic mass is 10.1. The Labute approximate surface area is 122 Å². The minimum atomic E-state index is -0.530. The summed E-state index contributed by atoms with van der Waals surface area (Å²) in [5.41, 5.74) is 1.61. The quantitative estimate of drug-likeness (QED) is 0.850. The molecule has 0 fully saturated rings. The number of hydrogen-bond acceptors (Lipinski definition) is 4. The van der Waals surface area contributed by atoms with Gasteiger partial charge in [0.15, 0.2) is 0 Å². The van der Waals surface area contributed by atoms with Crippen molar-refractivity contribution in [3.8, 4) is 5.75 Å². The largest absolute Gasteiger partial charge is 0.508 e. The molecule has 108 valence electrons. The van der Waals surface area contributed by atoms with Crippen LogP contribution in [0.5, 0.6) is 5.75 Å². The first-order chi connectivity index (χ1) is 10.0. The van der Waals surface area contributed by atoms with E-state index in [4.69, 9.17) is 0 Å². The number of hydrogen-bond donors (Lipinski definition) is 2. The first kappa shape index (κ1) is 14.6. The Bertz CT molecular complexity index is 694. The molecule has 5 nitrogen and oxygen atoms in total. The summed E-state index contributed by atoms with van der Waals surface area (Å²) in [6, 6.07) is 11.2. The van der Waals surface area contributed by atoms with Crippen molar-refractivity contribution in [2.75, 3.05) is 12.4 Å². The lowest BCUT2D eigenvalue weighted by Crippen LogP contribution is -2.15. The van der Waals surface area contributed by atoms with Gasteiger partial charge in [0.2, 0.25) is 0 Å². The van der Waals surface area contributed by atoms with Crippen LogP contribution in [0.15, 0.2) is 42.5 Å². The molecule has 0 unspecified atom stereocenters. The van der Waals surface area contributed by atoms with Crippen LogP contribution < -0.4 is 5.32 Å². The molecule has 0 atom stereocenters. The number of phenolic OH excluding ortho intramolecular Hbond substituents is 1. The van der Waals surface area contributed by atoms with Gasteiger partial charge in [-0.1, -0.05) is 18.2 Å². The van der Waals surface area contributed by atoms with Crippen LogP contribution in [0, 0.1) is 6.92 Å². The Hall–Kier alpha value is -2.82. The molecule has 1 amide bonds. The number of carbonyl (C=O) groups is 2. The van der Waals surface area contributed by atoms with E-state index in [0.717, 1.165) is 0 Å². The molecule has 0 heterocycles. The molecule has 21 heavy (non-hydrogen) atoms. The molecule has 5 heteroatoms. The molecule has 0 spiro atoms. The number of aromatic hydroxyl groups is 1. The number of esters is 1. The van der Waals surface area contributed by atoms with Crippen molar-refractivity contribution in [3.63, 3.8) is 0 Å². The smallest absolute Gasteiger partial charge is 0.339 e. The van der Waals surface area contributed by atoms with Crippen LogP contribution in [0.2, 0.25) is 0 Å². The summed E-state index contributed by atoms with van der Waals surface area (Å²) >= 11 is 0. The van der Waals surface area contributed by atoms with Gasteiger partial charge < -0.3 is 15.2 Å². The number of carbonyl (C=O) groups excluding carboxylic acids is 2. The van der Waals surface area contributed by atoms with Crippen LogP contribution in [0.25, 0.3) is 0 Å². The maximum absolute atomic E-state index is 12.2. The number of benzene rings is 2. The predicted octanol–water partition coefficient (Wildman–Crippen LogP) is 2.74. The van der Waals surface area contributed by atoms with E-state index in [1.54, 1.807) is 43.3 Å². The third-order valence-electron chi connectivity index (χ3n) is 3.05. The van der Waals surface area contributed by atoms with E-state index < -0.39 is 11.9 Å². The summed E-state index contributed by atoms with van der Waals surface area (Å²) in [6.07, 6.45) is 0. The van der Waals surface area contributed by atoms with Gasteiger partial charge in [-0.2, -0.15) is 0 Å². The van der Waals surface area contributed by atoms with Crippen molar-refractivity contribution in [2.45, 2.75) is 6.92 Å². The van der Waals surface area contributed by atoms with Crippen molar-refractivity contribution >= 4 is 17.6 Å². The molecular formula is C16H15NO4. The average molecular weight is 285 g/mol. The fraction of sp³-hybridized carbons (Fsp3) is 0.125. The second-order valence-corrected chi connectivity index (χ2v) is 4.49. The molecule has 0 radical (unpaired) electrons. The number of anilines is 1. The number of ether oxygens (including phenoxy) is 1. The number of phenols is 1. The predicted molar refractivity (Wildman–Crippen MR) is 78.6 cm³/mol. The molecule has 0 aliphatic carbocycles. The number of amides is 1. The number of nitrogens with one attached hydrogen (secondary N) is 1. The standard InChI is InChI=1S/C16H15NO4/c1-10-7-8-11(9-14(10)18)15(19)17-13-6-4-3-5-12(13)16(20)21-2/h3-9,18H,1-2H3,(H,17,19). The summed E-state index contributed by atoms with van der Waals surface area (Å²) in [7, 11) is 1.28. The minimum absolute atomic E-state index is 0.0453. The Morgan fingerprint density at radius 3 is 2.52 bits per heavy atom. The van der Waals surface area contributed by atoms with Crippen LogP contribution in [0.4, 0.5) is 5.69 Å². The third-order valence-corrected chi connectivity index (χ3v) is 3.05. The van der Waals surface area contributed by atoms with Crippen LogP contribution in [0.1, 0.15) is 26.3 Å². The second kappa shape index (κ2) is 6.09. The first-order valence-electron chi connectivity index (χ1n) is 6.31.